The number of benzene rings is 1. The van der Waals surface area contributed by atoms with Gasteiger partial charge in [0.2, 0.25) is 0 Å². The highest BCUT2D eigenvalue weighted by molar-refractivity contribution is 5.20. The summed E-state index contributed by atoms with van der Waals surface area (Å²) in [6, 6.07) is 11.7. The molecule has 2 nitrogen and oxygen atoms in total. The van der Waals surface area contributed by atoms with Crippen LogP contribution in [0, 0.1) is 11.8 Å². The van der Waals surface area contributed by atoms with Crippen LogP contribution in [0.2, 0.25) is 0 Å². The molecule has 4 atom stereocenters. The first-order valence-corrected chi connectivity index (χ1v) is 7.06. The van der Waals surface area contributed by atoms with Crippen LogP contribution in [0.25, 0.3) is 0 Å². The second kappa shape index (κ2) is 5.85. The molecule has 1 aliphatic rings. The Kier molecular flexibility index (Phi) is 4.41. The molecule has 1 aromatic rings. The van der Waals surface area contributed by atoms with Crippen LogP contribution in [0.5, 0.6) is 0 Å². The minimum Gasteiger partial charge on any atom is -0.312 e. The van der Waals surface area contributed by atoms with Crippen LogP contribution in [0.1, 0.15) is 31.9 Å². The fraction of sp³-hybridized carbons (Fsp3) is 0.625. The number of nitrogens with zero attached hydrogens (tertiary/aromatic N) is 1. The van der Waals surface area contributed by atoms with Gasteiger partial charge in [-0.2, -0.15) is 0 Å². The Labute approximate surface area is 111 Å². The molecule has 18 heavy (non-hydrogen) atoms. The lowest BCUT2D eigenvalue weighted by Crippen LogP contribution is -2.40. The predicted octanol–water partition coefficient (Wildman–Crippen LogP) is 2.92. The quantitative estimate of drug-likeness (QED) is 0.830. The van der Waals surface area contributed by atoms with Crippen molar-refractivity contribution in [3.63, 3.8) is 0 Å². The summed E-state index contributed by atoms with van der Waals surface area (Å²) in [7, 11) is 4.31. The van der Waals surface area contributed by atoms with Crippen LogP contribution < -0.4 is 5.32 Å². The van der Waals surface area contributed by atoms with E-state index in [0.717, 1.165) is 11.8 Å². The van der Waals surface area contributed by atoms with Crippen molar-refractivity contribution in [2.45, 2.75) is 32.4 Å². The van der Waals surface area contributed by atoms with Crippen molar-refractivity contribution in [3.8, 4) is 0 Å². The van der Waals surface area contributed by atoms with Gasteiger partial charge in [-0.1, -0.05) is 37.3 Å². The van der Waals surface area contributed by atoms with Gasteiger partial charge in [-0.15, -0.1) is 0 Å². The van der Waals surface area contributed by atoms with Crippen LogP contribution in [-0.2, 0) is 0 Å². The lowest BCUT2D eigenvalue weighted by atomic mass is 9.99. The van der Waals surface area contributed by atoms with Crippen molar-refractivity contribution in [1.82, 2.24) is 10.2 Å². The minimum atomic E-state index is 0.408. The highest BCUT2D eigenvalue weighted by atomic mass is 15.2. The maximum atomic E-state index is 3.46. The zero-order chi connectivity index (χ0) is 13.1. The normalized spacial score (nSPS) is 26.1. The average Bonchev–Trinajstić information content (AvgIpc) is 3.07. The summed E-state index contributed by atoms with van der Waals surface area (Å²) in [4.78, 5) is 2.50. The molecule has 0 aliphatic heterocycles. The molecule has 0 radical (unpaired) electrons. The summed E-state index contributed by atoms with van der Waals surface area (Å²) in [6.07, 6.45) is 1.41. The molecule has 1 saturated carbocycles. The Hall–Kier alpha value is -0.860. The first-order chi connectivity index (χ1) is 8.63. The van der Waals surface area contributed by atoms with Gasteiger partial charge in [0.05, 0.1) is 0 Å². The van der Waals surface area contributed by atoms with E-state index >= 15 is 0 Å². The van der Waals surface area contributed by atoms with Gasteiger partial charge in [-0.25, -0.2) is 0 Å². The molecule has 1 aromatic carbocycles. The predicted molar refractivity (Wildman–Crippen MR) is 77.6 cm³/mol. The molecule has 1 aliphatic carbocycles. The molecule has 0 spiro atoms. The topological polar surface area (TPSA) is 15.3 Å². The lowest BCUT2D eigenvalue weighted by molar-refractivity contribution is 0.202. The summed E-state index contributed by atoms with van der Waals surface area (Å²) in [5, 5.41) is 3.46. The molecule has 2 rings (SSSR count). The molecule has 100 valence electrons. The molecule has 2 heteroatoms. The lowest BCUT2D eigenvalue weighted by Gasteiger charge is -2.32. The van der Waals surface area contributed by atoms with Gasteiger partial charge in [0.1, 0.15) is 0 Å². The standard InChI is InChI=1S/C16H26N2/c1-12-10-15(12)11-18(4)13(2)16(17-3)14-8-6-5-7-9-14/h5-9,12-13,15-17H,10-11H2,1-4H3. The largest absolute Gasteiger partial charge is 0.312 e. The van der Waals surface area contributed by atoms with E-state index in [4.69, 9.17) is 0 Å². The first kappa shape index (κ1) is 13.6. The second-order valence-electron chi connectivity index (χ2n) is 5.83. The number of hydrogen-bond donors (Lipinski definition) is 1. The summed E-state index contributed by atoms with van der Waals surface area (Å²) >= 11 is 0. The third kappa shape index (κ3) is 3.12. The van der Waals surface area contributed by atoms with E-state index in [1.807, 2.05) is 0 Å². The zero-order valence-corrected chi connectivity index (χ0v) is 12.1. The molecule has 0 aromatic heterocycles. The van der Waals surface area contributed by atoms with Gasteiger partial charge in [0, 0.05) is 18.6 Å². The summed E-state index contributed by atoms with van der Waals surface area (Å²) in [5.41, 5.74) is 1.38. The molecular weight excluding hydrogens is 220 g/mol. The average molecular weight is 246 g/mol. The first-order valence-electron chi connectivity index (χ1n) is 7.06. The summed E-state index contributed by atoms with van der Waals surface area (Å²) in [5.74, 6) is 1.86. The highest BCUT2D eigenvalue weighted by Crippen LogP contribution is 2.38. The van der Waals surface area contributed by atoms with Gasteiger partial charge >= 0.3 is 0 Å². The Bertz CT molecular complexity index is 363. The van der Waals surface area contributed by atoms with Crippen LogP contribution in [0.15, 0.2) is 30.3 Å². The Balaban J connectivity index is 1.98. The van der Waals surface area contributed by atoms with Crippen molar-refractivity contribution in [3.05, 3.63) is 35.9 Å². The molecule has 0 amide bonds. The maximum Gasteiger partial charge on any atom is 0.0472 e. The Morgan fingerprint density at radius 1 is 1.33 bits per heavy atom. The molecule has 0 bridgehead atoms. The van der Waals surface area contributed by atoms with Crippen molar-refractivity contribution >= 4 is 0 Å². The van der Waals surface area contributed by atoms with Gasteiger partial charge in [-0.05, 0) is 44.8 Å². The van der Waals surface area contributed by atoms with Crippen molar-refractivity contribution in [2.75, 3.05) is 20.6 Å². The second-order valence-corrected chi connectivity index (χ2v) is 5.83. The van der Waals surface area contributed by atoms with Gasteiger partial charge in [-0.3, -0.25) is 0 Å². The summed E-state index contributed by atoms with van der Waals surface area (Å²) in [6.45, 7) is 5.91. The Morgan fingerprint density at radius 2 is 1.94 bits per heavy atom. The summed E-state index contributed by atoms with van der Waals surface area (Å²) < 4.78 is 0. The Morgan fingerprint density at radius 3 is 2.44 bits per heavy atom. The molecule has 0 heterocycles. The van der Waals surface area contributed by atoms with Crippen LogP contribution >= 0.6 is 0 Å². The van der Waals surface area contributed by atoms with E-state index in [-0.39, 0.29) is 0 Å². The van der Waals surface area contributed by atoms with Crippen LogP contribution in [-0.4, -0.2) is 31.6 Å². The van der Waals surface area contributed by atoms with Crippen molar-refractivity contribution < 1.29 is 0 Å². The van der Waals surface area contributed by atoms with Gasteiger partial charge < -0.3 is 10.2 Å². The maximum absolute atomic E-state index is 3.46. The van der Waals surface area contributed by atoms with E-state index in [1.165, 1.54) is 18.5 Å². The third-order valence-corrected chi connectivity index (χ3v) is 4.45. The molecule has 0 saturated heterocycles. The molecule has 4 unspecified atom stereocenters. The van der Waals surface area contributed by atoms with Crippen LogP contribution in [0.4, 0.5) is 0 Å². The highest BCUT2D eigenvalue weighted by Gasteiger charge is 2.34. The fourth-order valence-electron chi connectivity index (χ4n) is 2.79. The zero-order valence-electron chi connectivity index (χ0n) is 12.1. The van der Waals surface area contributed by atoms with E-state index in [0.29, 0.717) is 12.1 Å². The molecule has 1 N–H and O–H groups in total. The monoisotopic (exact) mass is 246 g/mol. The SMILES string of the molecule is CNC(c1ccccc1)C(C)N(C)CC1CC1C. The smallest absolute Gasteiger partial charge is 0.0472 e. The number of hydrogen-bond acceptors (Lipinski definition) is 2. The number of nitrogens with one attached hydrogen (secondary N) is 1. The number of likely N-dealkylation sites (N-methyl/N-ethyl adjacent to an activating group) is 2. The van der Waals surface area contributed by atoms with E-state index in [9.17, 15) is 0 Å². The van der Waals surface area contributed by atoms with E-state index in [2.05, 4.69) is 68.5 Å². The van der Waals surface area contributed by atoms with E-state index in [1.54, 1.807) is 0 Å². The van der Waals surface area contributed by atoms with Gasteiger partial charge in [0.15, 0.2) is 0 Å². The van der Waals surface area contributed by atoms with Crippen molar-refractivity contribution in [1.29, 1.82) is 0 Å². The molecular formula is C16H26N2. The van der Waals surface area contributed by atoms with Gasteiger partial charge in [0.25, 0.3) is 0 Å². The minimum absolute atomic E-state index is 0.408. The van der Waals surface area contributed by atoms with E-state index < -0.39 is 0 Å². The molecule has 1 fully saturated rings. The fourth-order valence-corrected chi connectivity index (χ4v) is 2.79. The van der Waals surface area contributed by atoms with Crippen molar-refractivity contribution in [2.24, 2.45) is 11.8 Å². The van der Waals surface area contributed by atoms with Crippen LogP contribution in [0.3, 0.4) is 0 Å². The number of rotatable bonds is 6. The third-order valence-electron chi connectivity index (χ3n) is 4.45.